The van der Waals surface area contributed by atoms with Crippen LogP contribution in [0.15, 0.2) is 48.8 Å². The van der Waals surface area contributed by atoms with Crippen molar-refractivity contribution in [1.29, 1.82) is 0 Å². The van der Waals surface area contributed by atoms with Gasteiger partial charge in [-0.1, -0.05) is 18.2 Å². The first kappa shape index (κ1) is 19.4. The third kappa shape index (κ3) is 2.71. The van der Waals surface area contributed by atoms with E-state index in [0.29, 0.717) is 5.82 Å². The molecule has 31 heavy (non-hydrogen) atoms. The van der Waals surface area contributed by atoms with Crippen LogP contribution in [0.3, 0.4) is 0 Å². The van der Waals surface area contributed by atoms with Gasteiger partial charge in [-0.2, -0.15) is 0 Å². The normalized spacial score (nSPS) is 18.0. The van der Waals surface area contributed by atoms with Gasteiger partial charge >= 0.3 is 0 Å². The third-order valence-electron chi connectivity index (χ3n) is 6.51. The SMILES string of the molecule is Cc1ncc(-c2ccc3c(c2)N(c2ccc4c(c2)NC(=O)C4(C)C)C(=O)C3(C)C)cn1. The number of anilines is 3. The van der Waals surface area contributed by atoms with Crippen molar-refractivity contribution in [3.8, 4) is 11.1 Å². The highest BCUT2D eigenvalue weighted by Gasteiger charge is 2.45. The van der Waals surface area contributed by atoms with Crippen molar-refractivity contribution in [2.24, 2.45) is 0 Å². The number of rotatable bonds is 2. The molecule has 0 bridgehead atoms. The third-order valence-corrected chi connectivity index (χ3v) is 6.51. The van der Waals surface area contributed by atoms with Crippen LogP contribution in [0.5, 0.6) is 0 Å². The van der Waals surface area contributed by atoms with Crippen molar-refractivity contribution >= 4 is 28.9 Å². The molecule has 1 N–H and O–H groups in total. The van der Waals surface area contributed by atoms with E-state index in [2.05, 4.69) is 15.3 Å². The topological polar surface area (TPSA) is 75.2 Å². The van der Waals surface area contributed by atoms with Crippen molar-refractivity contribution in [2.45, 2.75) is 45.4 Å². The van der Waals surface area contributed by atoms with E-state index < -0.39 is 10.8 Å². The Morgan fingerprint density at radius 1 is 0.839 bits per heavy atom. The monoisotopic (exact) mass is 412 g/mol. The number of amides is 2. The second-order valence-corrected chi connectivity index (χ2v) is 9.33. The Kier molecular flexibility index (Phi) is 3.91. The number of hydrogen-bond acceptors (Lipinski definition) is 4. The van der Waals surface area contributed by atoms with Crippen LogP contribution in [-0.2, 0) is 20.4 Å². The van der Waals surface area contributed by atoms with Crippen LogP contribution in [0.4, 0.5) is 17.1 Å². The highest BCUT2D eigenvalue weighted by Crippen LogP contribution is 2.48. The maximum absolute atomic E-state index is 13.5. The molecule has 2 amide bonds. The van der Waals surface area contributed by atoms with Gasteiger partial charge in [0.15, 0.2) is 0 Å². The average molecular weight is 412 g/mol. The molecule has 3 heterocycles. The van der Waals surface area contributed by atoms with E-state index >= 15 is 0 Å². The number of benzene rings is 2. The molecule has 0 radical (unpaired) electrons. The summed E-state index contributed by atoms with van der Waals surface area (Å²) in [7, 11) is 0. The molecular formula is C25H24N4O2. The summed E-state index contributed by atoms with van der Waals surface area (Å²) in [6, 6.07) is 11.8. The van der Waals surface area contributed by atoms with Gasteiger partial charge in [0, 0.05) is 23.6 Å². The molecule has 2 aliphatic heterocycles. The molecule has 156 valence electrons. The van der Waals surface area contributed by atoms with Crippen LogP contribution in [-0.4, -0.2) is 21.8 Å². The summed E-state index contributed by atoms with van der Waals surface area (Å²) in [5.41, 5.74) is 4.87. The smallest absolute Gasteiger partial charge is 0.241 e. The maximum atomic E-state index is 13.5. The zero-order chi connectivity index (χ0) is 22.1. The summed E-state index contributed by atoms with van der Waals surface area (Å²) in [5.74, 6) is 0.684. The van der Waals surface area contributed by atoms with Crippen molar-refractivity contribution < 1.29 is 9.59 Å². The van der Waals surface area contributed by atoms with E-state index in [-0.39, 0.29) is 11.8 Å². The number of nitrogens with one attached hydrogen (secondary N) is 1. The van der Waals surface area contributed by atoms with E-state index in [1.54, 1.807) is 17.3 Å². The predicted octanol–water partition coefficient (Wildman–Crippen LogP) is 4.64. The molecule has 2 aromatic carbocycles. The van der Waals surface area contributed by atoms with Gasteiger partial charge in [0.05, 0.1) is 22.2 Å². The van der Waals surface area contributed by atoms with Crippen LogP contribution in [0.25, 0.3) is 11.1 Å². The molecule has 0 spiro atoms. The van der Waals surface area contributed by atoms with Gasteiger partial charge in [-0.15, -0.1) is 0 Å². The van der Waals surface area contributed by atoms with E-state index in [4.69, 9.17) is 0 Å². The van der Waals surface area contributed by atoms with E-state index in [1.165, 1.54) is 0 Å². The first-order valence-corrected chi connectivity index (χ1v) is 10.3. The minimum atomic E-state index is -0.654. The molecule has 5 rings (SSSR count). The molecule has 0 atom stereocenters. The largest absolute Gasteiger partial charge is 0.325 e. The predicted molar refractivity (Wildman–Crippen MR) is 120 cm³/mol. The van der Waals surface area contributed by atoms with Crippen molar-refractivity contribution in [1.82, 2.24) is 9.97 Å². The summed E-state index contributed by atoms with van der Waals surface area (Å²) in [4.78, 5) is 36.2. The van der Waals surface area contributed by atoms with Crippen LogP contribution >= 0.6 is 0 Å². The standard InChI is InChI=1S/C25H24N4O2/c1-14-26-12-16(13-27-14)15-6-8-19-21(10-15)29(23(31)25(19,4)5)17-7-9-18-20(11-17)28-22(30)24(18,2)3/h6-13H,1-5H3,(H,28,30). The number of fused-ring (bicyclic) bond motifs is 2. The van der Waals surface area contributed by atoms with E-state index in [9.17, 15) is 9.59 Å². The summed E-state index contributed by atoms with van der Waals surface area (Å²) < 4.78 is 0. The minimum Gasteiger partial charge on any atom is -0.325 e. The molecule has 0 unspecified atom stereocenters. The fourth-order valence-electron chi connectivity index (χ4n) is 4.45. The zero-order valence-electron chi connectivity index (χ0n) is 18.3. The molecule has 0 saturated carbocycles. The van der Waals surface area contributed by atoms with Gasteiger partial charge in [-0.05, 0) is 69.5 Å². The van der Waals surface area contributed by atoms with Gasteiger partial charge < -0.3 is 5.32 Å². The Bertz CT molecular complexity index is 1260. The number of aryl methyl sites for hydroxylation is 1. The number of hydrogen-bond donors (Lipinski definition) is 1. The lowest BCUT2D eigenvalue weighted by Crippen LogP contribution is -2.33. The van der Waals surface area contributed by atoms with Crippen LogP contribution in [0.2, 0.25) is 0 Å². The summed E-state index contributed by atoms with van der Waals surface area (Å²) in [5, 5.41) is 2.96. The van der Waals surface area contributed by atoms with Crippen LogP contribution < -0.4 is 10.2 Å². The summed E-state index contributed by atoms with van der Waals surface area (Å²) in [6.07, 6.45) is 3.59. The lowest BCUT2D eigenvalue weighted by atomic mass is 9.85. The Balaban J connectivity index is 1.64. The number of nitrogens with zero attached hydrogens (tertiary/aromatic N) is 3. The second-order valence-electron chi connectivity index (χ2n) is 9.33. The Hall–Kier alpha value is -3.54. The van der Waals surface area contributed by atoms with Gasteiger partial charge in [-0.25, -0.2) is 9.97 Å². The van der Waals surface area contributed by atoms with Crippen molar-refractivity contribution in [3.63, 3.8) is 0 Å². The quantitative estimate of drug-likeness (QED) is 0.665. The summed E-state index contributed by atoms with van der Waals surface area (Å²) >= 11 is 0. The second kappa shape index (κ2) is 6.23. The van der Waals surface area contributed by atoms with Crippen molar-refractivity contribution in [2.75, 3.05) is 10.2 Å². The molecule has 3 aromatic rings. The lowest BCUT2D eigenvalue weighted by Gasteiger charge is -2.22. The zero-order valence-corrected chi connectivity index (χ0v) is 18.3. The Morgan fingerprint density at radius 3 is 2.23 bits per heavy atom. The number of carbonyl (C=O) groups is 2. The van der Waals surface area contributed by atoms with Gasteiger partial charge in [0.25, 0.3) is 0 Å². The Labute approximate surface area is 181 Å². The number of carbonyl (C=O) groups excluding carboxylic acids is 2. The van der Waals surface area contributed by atoms with E-state index in [0.717, 1.165) is 39.3 Å². The van der Waals surface area contributed by atoms with Gasteiger partial charge in [-0.3, -0.25) is 14.5 Å². The van der Waals surface area contributed by atoms with Crippen molar-refractivity contribution in [3.05, 3.63) is 65.7 Å². The molecule has 6 heteroatoms. The molecule has 0 fully saturated rings. The first-order valence-electron chi connectivity index (χ1n) is 10.3. The molecule has 1 aromatic heterocycles. The fourth-order valence-corrected chi connectivity index (χ4v) is 4.45. The highest BCUT2D eigenvalue weighted by molar-refractivity contribution is 6.14. The maximum Gasteiger partial charge on any atom is 0.241 e. The fraction of sp³-hybridized carbons (Fsp3) is 0.280. The lowest BCUT2D eigenvalue weighted by molar-refractivity contribution is -0.121. The number of aromatic nitrogens is 2. The summed E-state index contributed by atoms with van der Waals surface area (Å²) in [6.45, 7) is 9.55. The molecule has 0 saturated heterocycles. The average Bonchev–Trinajstić information content (AvgIpc) is 3.08. The van der Waals surface area contributed by atoms with Crippen LogP contribution in [0.1, 0.15) is 44.6 Å². The van der Waals surface area contributed by atoms with Crippen LogP contribution in [0, 0.1) is 6.92 Å². The molecular weight excluding hydrogens is 388 g/mol. The minimum absolute atomic E-state index is 0.00309. The molecule has 0 aliphatic carbocycles. The van der Waals surface area contributed by atoms with E-state index in [1.807, 2.05) is 71.0 Å². The van der Waals surface area contributed by atoms with Gasteiger partial charge in [0.1, 0.15) is 5.82 Å². The Morgan fingerprint density at radius 2 is 1.52 bits per heavy atom. The first-order chi connectivity index (χ1) is 14.6. The molecule has 2 aliphatic rings. The molecule has 6 nitrogen and oxygen atoms in total. The van der Waals surface area contributed by atoms with Gasteiger partial charge in [0.2, 0.25) is 11.8 Å². The highest BCUT2D eigenvalue weighted by atomic mass is 16.2.